The minimum Gasteiger partial charge on any atom is -0.493 e. The summed E-state index contributed by atoms with van der Waals surface area (Å²) in [6.07, 6.45) is 0.249. The first-order valence-corrected chi connectivity index (χ1v) is 8.39. The largest absolute Gasteiger partial charge is 0.493 e. The third kappa shape index (κ3) is 6.82. The molecule has 7 nitrogen and oxygen atoms in total. The highest BCUT2D eigenvalue weighted by molar-refractivity contribution is 5.71. The summed E-state index contributed by atoms with van der Waals surface area (Å²) >= 11 is 0. The van der Waals surface area contributed by atoms with Gasteiger partial charge in [-0.2, -0.15) is 0 Å². The van der Waals surface area contributed by atoms with Crippen LogP contribution in [0.2, 0.25) is 0 Å². The number of hydrogen-bond acceptors (Lipinski definition) is 6. The lowest BCUT2D eigenvalue weighted by Crippen LogP contribution is -2.40. The van der Waals surface area contributed by atoms with E-state index in [4.69, 9.17) is 14.2 Å². The third-order valence-corrected chi connectivity index (χ3v) is 3.67. The maximum absolute atomic E-state index is 12.2. The van der Waals surface area contributed by atoms with Crippen LogP contribution in [-0.4, -0.2) is 56.5 Å². The fraction of sp³-hybridized carbons (Fsp3) is 0.579. The number of carbonyl (C=O) groups is 2. The third-order valence-electron chi connectivity index (χ3n) is 3.67. The van der Waals surface area contributed by atoms with E-state index in [0.717, 1.165) is 5.56 Å². The number of hydrogen-bond donors (Lipinski definition) is 0. The smallest absolute Gasteiger partial charge is 0.410 e. The van der Waals surface area contributed by atoms with Gasteiger partial charge < -0.3 is 23.8 Å². The Hall–Kier alpha value is -2.44. The molecule has 0 aromatic heterocycles. The Morgan fingerprint density at radius 2 is 1.81 bits per heavy atom. The second-order valence-electron chi connectivity index (χ2n) is 6.99. The van der Waals surface area contributed by atoms with Crippen LogP contribution in [-0.2, 0) is 20.7 Å². The fourth-order valence-corrected chi connectivity index (χ4v) is 2.15. The number of likely N-dealkylation sites (N-methyl/N-ethyl adjacent to an activating group) is 1. The Bertz CT molecular complexity index is 623. The molecule has 1 aromatic rings. The summed E-state index contributed by atoms with van der Waals surface area (Å²) in [7, 11) is 4.54. The molecule has 0 radical (unpaired) electrons. The summed E-state index contributed by atoms with van der Waals surface area (Å²) in [4.78, 5) is 24.9. The van der Waals surface area contributed by atoms with Crippen molar-refractivity contribution in [3.63, 3.8) is 0 Å². The van der Waals surface area contributed by atoms with Gasteiger partial charge in [-0.15, -0.1) is 0 Å². The quantitative estimate of drug-likeness (QED) is 0.690. The van der Waals surface area contributed by atoms with Gasteiger partial charge >= 0.3 is 12.1 Å². The first-order valence-electron chi connectivity index (χ1n) is 8.39. The van der Waals surface area contributed by atoms with E-state index in [9.17, 15) is 9.59 Å². The zero-order chi connectivity index (χ0) is 19.9. The average Bonchev–Trinajstić information content (AvgIpc) is 2.57. The molecule has 146 valence electrons. The van der Waals surface area contributed by atoms with Crippen LogP contribution in [0.15, 0.2) is 18.2 Å². The van der Waals surface area contributed by atoms with Crippen LogP contribution in [0, 0.1) is 0 Å². The maximum atomic E-state index is 12.2. The normalized spacial score (nSPS) is 12.1. The van der Waals surface area contributed by atoms with Crippen LogP contribution in [0.3, 0.4) is 0 Å². The molecular formula is C19H29NO6. The molecule has 0 aliphatic carbocycles. The highest BCUT2D eigenvalue weighted by Gasteiger charge is 2.23. The van der Waals surface area contributed by atoms with Crippen molar-refractivity contribution in [2.24, 2.45) is 0 Å². The van der Waals surface area contributed by atoms with E-state index in [1.807, 2.05) is 39.8 Å². The zero-order valence-electron chi connectivity index (χ0n) is 16.6. The van der Waals surface area contributed by atoms with Gasteiger partial charge in [0.2, 0.25) is 0 Å². The molecule has 0 aliphatic rings. The molecule has 1 atom stereocenters. The summed E-state index contributed by atoms with van der Waals surface area (Å²) in [6, 6.07) is 5.36. The summed E-state index contributed by atoms with van der Waals surface area (Å²) in [5, 5.41) is 0. The van der Waals surface area contributed by atoms with Gasteiger partial charge in [0.05, 0.1) is 14.2 Å². The lowest BCUT2D eigenvalue weighted by molar-refractivity contribution is -0.142. The number of nitrogens with zero attached hydrogens (tertiary/aromatic N) is 1. The van der Waals surface area contributed by atoms with E-state index in [0.29, 0.717) is 17.9 Å². The minimum atomic E-state index is -0.535. The number of amides is 1. The second-order valence-corrected chi connectivity index (χ2v) is 6.99. The molecule has 0 aliphatic heterocycles. The maximum Gasteiger partial charge on any atom is 0.410 e. The Balaban J connectivity index is 2.77. The summed E-state index contributed by atoms with van der Waals surface area (Å²) in [6.45, 7) is 7.26. The molecule has 0 N–H and O–H groups in total. The van der Waals surface area contributed by atoms with Crippen molar-refractivity contribution in [2.45, 2.75) is 45.8 Å². The van der Waals surface area contributed by atoms with Gasteiger partial charge in [-0.1, -0.05) is 6.07 Å². The SMILES string of the molecule is COC(=O)COc1ccc(CC(C)N(C)C(=O)OC(C)(C)C)cc1OC. The average molecular weight is 367 g/mol. The molecule has 7 heteroatoms. The highest BCUT2D eigenvalue weighted by atomic mass is 16.6. The van der Waals surface area contributed by atoms with Gasteiger partial charge in [-0.05, 0) is 51.8 Å². The van der Waals surface area contributed by atoms with Gasteiger partial charge in [0, 0.05) is 13.1 Å². The first kappa shape index (κ1) is 21.6. The molecule has 0 saturated carbocycles. The Morgan fingerprint density at radius 1 is 1.15 bits per heavy atom. The summed E-state index contributed by atoms with van der Waals surface area (Å²) < 4.78 is 20.7. The van der Waals surface area contributed by atoms with E-state index < -0.39 is 11.6 Å². The molecule has 1 amide bonds. The Kier molecular flexibility index (Phi) is 7.74. The monoisotopic (exact) mass is 367 g/mol. The summed E-state index contributed by atoms with van der Waals surface area (Å²) in [5.41, 5.74) is 0.433. The molecule has 0 spiro atoms. The molecule has 1 unspecified atom stereocenters. The molecule has 1 aromatic carbocycles. The predicted molar refractivity (Wildman–Crippen MR) is 97.7 cm³/mol. The molecule has 26 heavy (non-hydrogen) atoms. The van der Waals surface area contributed by atoms with Crippen molar-refractivity contribution in [1.82, 2.24) is 4.90 Å². The van der Waals surface area contributed by atoms with Crippen molar-refractivity contribution in [2.75, 3.05) is 27.9 Å². The zero-order valence-corrected chi connectivity index (χ0v) is 16.6. The van der Waals surface area contributed by atoms with E-state index in [1.165, 1.54) is 14.2 Å². The number of methoxy groups -OCH3 is 2. The highest BCUT2D eigenvalue weighted by Crippen LogP contribution is 2.29. The Labute approximate surface area is 155 Å². The molecule has 0 fully saturated rings. The lowest BCUT2D eigenvalue weighted by Gasteiger charge is -2.29. The predicted octanol–water partition coefficient (Wildman–Crippen LogP) is 3.04. The van der Waals surface area contributed by atoms with Crippen molar-refractivity contribution in [3.05, 3.63) is 23.8 Å². The lowest BCUT2D eigenvalue weighted by atomic mass is 10.1. The minimum absolute atomic E-state index is 0.0728. The van der Waals surface area contributed by atoms with Crippen LogP contribution in [0.1, 0.15) is 33.3 Å². The molecular weight excluding hydrogens is 338 g/mol. The van der Waals surface area contributed by atoms with Gasteiger partial charge in [0.15, 0.2) is 18.1 Å². The van der Waals surface area contributed by atoms with Crippen molar-refractivity contribution < 1.29 is 28.5 Å². The number of ether oxygens (including phenoxy) is 4. The summed E-state index contributed by atoms with van der Waals surface area (Å²) in [5.74, 6) is 0.497. The van der Waals surface area contributed by atoms with Gasteiger partial charge in [0.25, 0.3) is 0 Å². The van der Waals surface area contributed by atoms with Gasteiger partial charge in [0.1, 0.15) is 5.60 Å². The number of rotatable bonds is 7. The van der Waals surface area contributed by atoms with Crippen LogP contribution < -0.4 is 9.47 Å². The molecule has 0 heterocycles. The standard InChI is InChI=1S/C19H29NO6/c1-13(20(5)18(22)26-19(2,3)4)10-14-8-9-15(16(11-14)23-6)25-12-17(21)24-7/h8-9,11,13H,10,12H2,1-7H3. The van der Waals surface area contributed by atoms with E-state index >= 15 is 0 Å². The van der Waals surface area contributed by atoms with Crippen LogP contribution >= 0.6 is 0 Å². The van der Waals surface area contributed by atoms with E-state index in [2.05, 4.69) is 4.74 Å². The first-order chi connectivity index (χ1) is 12.1. The van der Waals surface area contributed by atoms with Crippen LogP contribution in [0.5, 0.6) is 11.5 Å². The second kappa shape index (κ2) is 9.31. The topological polar surface area (TPSA) is 74.3 Å². The van der Waals surface area contributed by atoms with E-state index in [1.54, 1.807) is 18.0 Å². The number of carbonyl (C=O) groups excluding carboxylic acids is 2. The molecule has 0 saturated heterocycles. The Morgan fingerprint density at radius 3 is 2.35 bits per heavy atom. The number of benzene rings is 1. The fourth-order valence-electron chi connectivity index (χ4n) is 2.15. The number of esters is 1. The van der Waals surface area contributed by atoms with Gasteiger partial charge in [-0.25, -0.2) is 9.59 Å². The van der Waals surface area contributed by atoms with Crippen molar-refractivity contribution >= 4 is 12.1 Å². The van der Waals surface area contributed by atoms with Crippen LogP contribution in [0.4, 0.5) is 4.79 Å². The molecule has 1 rings (SSSR count). The molecule has 0 bridgehead atoms. The van der Waals surface area contributed by atoms with Crippen LogP contribution in [0.25, 0.3) is 0 Å². The van der Waals surface area contributed by atoms with E-state index in [-0.39, 0.29) is 18.7 Å². The van der Waals surface area contributed by atoms with Crippen molar-refractivity contribution in [1.29, 1.82) is 0 Å². The van der Waals surface area contributed by atoms with Crippen molar-refractivity contribution in [3.8, 4) is 11.5 Å². The van der Waals surface area contributed by atoms with Gasteiger partial charge in [-0.3, -0.25) is 0 Å².